The van der Waals surface area contributed by atoms with E-state index in [1.54, 1.807) is 0 Å². The summed E-state index contributed by atoms with van der Waals surface area (Å²) in [5, 5.41) is 15.2. The van der Waals surface area contributed by atoms with Crippen LogP contribution in [-0.4, -0.2) is 29.3 Å². The standard InChI is InChI=1S/C12H20N4/c1-2-3-11-4-5-12(16-15-11)14-10-6-8-13-9-7-10/h4-5,10,13H,2-3,6-9H2,1H3,(H,14,16). The topological polar surface area (TPSA) is 49.8 Å². The van der Waals surface area contributed by atoms with Crippen molar-refractivity contribution in [2.24, 2.45) is 0 Å². The zero-order valence-electron chi connectivity index (χ0n) is 9.87. The van der Waals surface area contributed by atoms with Crippen molar-refractivity contribution in [1.82, 2.24) is 15.5 Å². The van der Waals surface area contributed by atoms with Crippen LogP contribution in [0.4, 0.5) is 5.82 Å². The number of nitrogens with one attached hydrogen (secondary N) is 2. The third-order valence-corrected chi connectivity index (χ3v) is 2.92. The Balaban J connectivity index is 1.88. The van der Waals surface area contributed by atoms with E-state index in [0.717, 1.165) is 37.4 Å². The van der Waals surface area contributed by atoms with E-state index in [4.69, 9.17) is 0 Å². The van der Waals surface area contributed by atoms with E-state index in [1.807, 2.05) is 6.07 Å². The van der Waals surface area contributed by atoms with Gasteiger partial charge >= 0.3 is 0 Å². The van der Waals surface area contributed by atoms with Crippen molar-refractivity contribution >= 4 is 5.82 Å². The Labute approximate surface area is 96.9 Å². The van der Waals surface area contributed by atoms with Gasteiger partial charge in [-0.15, -0.1) is 5.10 Å². The maximum absolute atomic E-state index is 4.21. The lowest BCUT2D eigenvalue weighted by Crippen LogP contribution is -2.35. The van der Waals surface area contributed by atoms with Gasteiger partial charge < -0.3 is 10.6 Å². The van der Waals surface area contributed by atoms with Crippen LogP contribution in [0.1, 0.15) is 31.9 Å². The number of aryl methyl sites for hydroxylation is 1. The van der Waals surface area contributed by atoms with Crippen LogP contribution in [0, 0.1) is 0 Å². The van der Waals surface area contributed by atoms with Gasteiger partial charge in [-0.1, -0.05) is 13.3 Å². The quantitative estimate of drug-likeness (QED) is 0.809. The highest BCUT2D eigenvalue weighted by Crippen LogP contribution is 2.10. The highest BCUT2D eigenvalue weighted by atomic mass is 15.2. The molecule has 4 nitrogen and oxygen atoms in total. The van der Waals surface area contributed by atoms with Crippen LogP contribution in [0.15, 0.2) is 12.1 Å². The average molecular weight is 220 g/mol. The average Bonchev–Trinajstić information content (AvgIpc) is 2.33. The fourth-order valence-corrected chi connectivity index (χ4v) is 2.00. The first kappa shape index (κ1) is 11.3. The lowest BCUT2D eigenvalue weighted by atomic mass is 10.1. The third kappa shape index (κ3) is 3.17. The first-order chi connectivity index (χ1) is 7.88. The largest absolute Gasteiger partial charge is 0.366 e. The van der Waals surface area contributed by atoms with Gasteiger partial charge in [0.1, 0.15) is 5.82 Å². The maximum atomic E-state index is 4.21. The molecule has 1 aromatic heterocycles. The van der Waals surface area contributed by atoms with E-state index in [-0.39, 0.29) is 0 Å². The monoisotopic (exact) mass is 220 g/mol. The Kier molecular flexibility index (Phi) is 4.10. The van der Waals surface area contributed by atoms with E-state index >= 15 is 0 Å². The molecule has 16 heavy (non-hydrogen) atoms. The Morgan fingerprint density at radius 2 is 2.12 bits per heavy atom. The molecule has 0 spiro atoms. The Bertz CT molecular complexity index is 303. The molecule has 4 heteroatoms. The van der Waals surface area contributed by atoms with E-state index in [1.165, 1.54) is 12.8 Å². The van der Waals surface area contributed by atoms with Gasteiger partial charge in [-0.2, -0.15) is 5.10 Å². The molecule has 0 aliphatic carbocycles. The smallest absolute Gasteiger partial charge is 0.148 e. The second-order valence-electron chi connectivity index (χ2n) is 4.33. The van der Waals surface area contributed by atoms with Gasteiger partial charge in [-0.3, -0.25) is 0 Å². The van der Waals surface area contributed by atoms with Gasteiger partial charge in [0.2, 0.25) is 0 Å². The molecule has 2 rings (SSSR count). The zero-order valence-corrected chi connectivity index (χ0v) is 9.87. The molecule has 0 amide bonds. The van der Waals surface area contributed by atoms with E-state index in [0.29, 0.717) is 6.04 Å². The zero-order chi connectivity index (χ0) is 11.2. The second kappa shape index (κ2) is 5.80. The molecule has 2 heterocycles. The number of hydrogen-bond donors (Lipinski definition) is 2. The summed E-state index contributed by atoms with van der Waals surface area (Å²) in [6, 6.07) is 4.66. The molecular formula is C12H20N4. The fraction of sp³-hybridized carbons (Fsp3) is 0.667. The minimum atomic E-state index is 0.549. The number of anilines is 1. The molecule has 0 aromatic carbocycles. The van der Waals surface area contributed by atoms with Crippen molar-refractivity contribution in [2.45, 2.75) is 38.6 Å². The predicted molar refractivity (Wildman–Crippen MR) is 65.5 cm³/mol. The van der Waals surface area contributed by atoms with Gasteiger partial charge in [0.05, 0.1) is 5.69 Å². The molecule has 1 aliphatic heterocycles. The van der Waals surface area contributed by atoms with Gasteiger partial charge in [0.25, 0.3) is 0 Å². The summed E-state index contributed by atoms with van der Waals surface area (Å²) in [6.45, 7) is 4.35. The number of rotatable bonds is 4. The predicted octanol–water partition coefficient (Wildman–Crippen LogP) is 1.59. The van der Waals surface area contributed by atoms with Crippen molar-refractivity contribution in [3.63, 3.8) is 0 Å². The van der Waals surface area contributed by atoms with Gasteiger partial charge in [0.15, 0.2) is 0 Å². The van der Waals surface area contributed by atoms with Crippen LogP contribution in [0.2, 0.25) is 0 Å². The molecule has 0 atom stereocenters. The summed E-state index contributed by atoms with van der Waals surface area (Å²) < 4.78 is 0. The number of hydrogen-bond acceptors (Lipinski definition) is 4. The van der Waals surface area contributed by atoms with Gasteiger partial charge in [-0.25, -0.2) is 0 Å². The normalized spacial score (nSPS) is 17.3. The molecule has 0 radical (unpaired) electrons. The van der Waals surface area contributed by atoms with Crippen molar-refractivity contribution < 1.29 is 0 Å². The van der Waals surface area contributed by atoms with Crippen molar-refractivity contribution in [2.75, 3.05) is 18.4 Å². The van der Waals surface area contributed by atoms with Crippen LogP contribution in [0.25, 0.3) is 0 Å². The van der Waals surface area contributed by atoms with Crippen molar-refractivity contribution in [3.8, 4) is 0 Å². The SMILES string of the molecule is CCCc1ccc(NC2CCNCC2)nn1. The summed E-state index contributed by atoms with van der Waals surface area (Å²) >= 11 is 0. The van der Waals surface area contributed by atoms with E-state index in [2.05, 4.69) is 33.8 Å². The number of nitrogens with zero attached hydrogens (tertiary/aromatic N) is 2. The van der Waals surface area contributed by atoms with Crippen molar-refractivity contribution in [1.29, 1.82) is 0 Å². The van der Waals surface area contributed by atoms with E-state index in [9.17, 15) is 0 Å². The minimum Gasteiger partial charge on any atom is -0.366 e. The number of piperidine rings is 1. The summed E-state index contributed by atoms with van der Waals surface area (Å²) in [5.74, 6) is 0.909. The lowest BCUT2D eigenvalue weighted by Gasteiger charge is -2.23. The molecule has 2 N–H and O–H groups in total. The highest BCUT2D eigenvalue weighted by molar-refractivity contribution is 5.34. The Morgan fingerprint density at radius 1 is 1.31 bits per heavy atom. The second-order valence-corrected chi connectivity index (χ2v) is 4.33. The Morgan fingerprint density at radius 3 is 2.75 bits per heavy atom. The molecular weight excluding hydrogens is 200 g/mol. The van der Waals surface area contributed by atoms with Gasteiger partial charge in [-0.05, 0) is 44.5 Å². The maximum Gasteiger partial charge on any atom is 0.148 e. The molecule has 0 bridgehead atoms. The highest BCUT2D eigenvalue weighted by Gasteiger charge is 2.12. The van der Waals surface area contributed by atoms with Crippen LogP contribution in [0.5, 0.6) is 0 Å². The number of aromatic nitrogens is 2. The molecule has 1 aromatic rings. The van der Waals surface area contributed by atoms with E-state index < -0.39 is 0 Å². The summed E-state index contributed by atoms with van der Waals surface area (Å²) in [7, 11) is 0. The van der Waals surface area contributed by atoms with Crippen LogP contribution < -0.4 is 10.6 Å². The van der Waals surface area contributed by atoms with Gasteiger partial charge in [0, 0.05) is 6.04 Å². The summed E-state index contributed by atoms with van der Waals surface area (Å²) in [6.07, 6.45) is 4.47. The lowest BCUT2D eigenvalue weighted by molar-refractivity contribution is 0.478. The molecule has 0 unspecified atom stereocenters. The van der Waals surface area contributed by atoms with Crippen LogP contribution >= 0.6 is 0 Å². The Hall–Kier alpha value is -1.16. The third-order valence-electron chi connectivity index (χ3n) is 2.92. The first-order valence-electron chi connectivity index (χ1n) is 6.18. The molecule has 0 saturated carbocycles. The summed E-state index contributed by atoms with van der Waals surface area (Å²) in [5.41, 5.74) is 1.08. The molecule has 88 valence electrons. The van der Waals surface area contributed by atoms with Crippen molar-refractivity contribution in [3.05, 3.63) is 17.8 Å². The molecule has 1 fully saturated rings. The summed E-state index contributed by atoms with van der Waals surface area (Å²) in [4.78, 5) is 0. The van der Waals surface area contributed by atoms with Crippen LogP contribution in [-0.2, 0) is 6.42 Å². The molecule has 1 saturated heterocycles. The van der Waals surface area contributed by atoms with Crippen LogP contribution in [0.3, 0.4) is 0 Å². The fourth-order valence-electron chi connectivity index (χ4n) is 2.00. The first-order valence-corrected chi connectivity index (χ1v) is 6.18. The molecule has 1 aliphatic rings. The minimum absolute atomic E-state index is 0.549.